The van der Waals surface area contributed by atoms with Crippen LogP contribution in [-0.4, -0.2) is 95.1 Å². The number of fused-ring (bicyclic) bond motifs is 1. The maximum atomic E-state index is 13.6. The van der Waals surface area contributed by atoms with Gasteiger partial charge in [-0.05, 0) is 83.0 Å². The van der Waals surface area contributed by atoms with Crippen molar-refractivity contribution in [2.45, 2.75) is 70.2 Å². The number of anilines is 2. The van der Waals surface area contributed by atoms with E-state index in [9.17, 15) is 9.59 Å². The number of pyridine rings is 1. The summed E-state index contributed by atoms with van der Waals surface area (Å²) in [4.78, 5) is 46.9. The number of benzene rings is 1. The van der Waals surface area contributed by atoms with E-state index in [4.69, 9.17) is 16.3 Å². The number of nitrogens with one attached hydrogen (secondary N) is 2. The fraction of sp³-hybridized carbons (Fsp3) is 0.500. The molecule has 0 saturated carbocycles. The minimum Gasteiger partial charge on any atom is -0.381 e. The van der Waals surface area contributed by atoms with Crippen LogP contribution in [0.3, 0.4) is 0 Å². The maximum Gasteiger partial charge on any atom is 0.255 e. The highest BCUT2D eigenvalue weighted by atomic mass is 35.5. The molecule has 244 valence electrons. The Labute approximate surface area is 275 Å². The smallest absolute Gasteiger partial charge is 0.255 e. The molecule has 3 aliphatic rings. The molecule has 0 spiro atoms. The highest BCUT2D eigenvalue weighted by Gasteiger charge is 2.35. The number of ether oxygens (including phenoxy) is 1. The zero-order valence-corrected chi connectivity index (χ0v) is 27.8. The lowest BCUT2D eigenvalue weighted by Gasteiger charge is -2.36. The monoisotopic (exact) mass is 646 g/mol. The molecule has 2 saturated heterocycles. The number of carbonyl (C=O) groups is 2. The molecule has 2 atom stereocenters. The van der Waals surface area contributed by atoms with E-state index in [0.717, 1.165) is 61.3 Å². The lowest BCUT2D eigenvalue weighted by molar-refractivity contribution is -0.125. The number of nitrogens with zero attached hydrogens (tertiary/aromatic N) is 6. The Morgan fingerprint density at radius 2 is 1.83 bits per heavy atom. The summed E-state index contributed by atoms with van der Waals surface area (Å²) in [5, 5.41) is 6.90. The summed E-state index contributed by atoms with van der Waals surface area (Å²) in [5.74, 6) is 1.03. The van der Waals surface area contributed by atoms with Gasteiger partial charge in [0.25, 0.3) is 5.91 Å². The minimum absolute atomic E-state index is 0.190. The molecule has 0 aliphatic carbocycles. The highest BCUT2D eigenvalue weighted by Crippen LogP contribution is 2.33. The molecule has 11 nitrogen and oxygen atoms in total. The number of halogens is 1. The Bertz CT molecular complexity index is 1570. The summed E-state index contributed by atoms with van der Waals surface area (Å²) in [7, 11) is 4.27. The molecular formula is C34H43ClN8O3. The van der Waals surface area contributed by atoms with Gasteiger partial charge in [0.1, 0.15) is 11.9 Å². The van der Waals surface area contributed by atoms with Gasteiger partial charge >= 0.3 is 0 Å². The third kappa shape index (κ3) is 6.96. The Kier molecular flexibility index (Phi) is 9.72. The molecule has 0 radical (unpaired) electrons. The summed E-state index contributed by atoms with van der Waals surface area (Å²) >= 11 is 6.52. The van der Waals surface area contributed by atoms with E-state index in [1.165, 1.54) is 0 Å². The van der Waals surface area contributed by atoms with Gasteiger partial charge in [-0.15, -0.1) is 0 Å². The van der Waals surface area contributed by atoms with Gasteiger partial charge in [-0.3, -0.25) is 9.59 Å². The Morgan fingerprint density at radius 3 is 2.57 bits per heavy atom. The molecule has 2 amide bonds. The van der Waals surface area contributed by atoms with E-state index in [1.807, 2.05) is 31.2 Å². The van der Waals surface area contributed by atoms with Crippen molar-refractivity contribution >= 4 is 35.2 Å². The first-order valence-corrected chi connectivity index (χ1v) is 16.5. The Morgan fingerprint density at radius 1 is 1.07 bits per heavy atom. The van der Waals surface area contributed by atoms with Crippen molar-refractivity contribution in [2.24, 2.45) is 0 Å². The van der Waals surface area contributed by atoms with E-state index in [0.29, 0.717) is 48.0 Å². The van der Waals surface area contributed by atoms with Crippen molar-refractivity contribution in [3.8, 4) is 11.3 Å². The SMILES string of the molecule is CC(NC(=O)C(C)N1Cc2ccc(-c3nc(NC4CCOCC4)ncc3Cl)cc2C1=O)c1ccnc(N2CCC(N(C)C)CC2)c1. The average Bonchev–Trinajstić information content (AvgIpc) is 3.41. The van der Waals surface area contributed by atoms with Crippen LogP contribution in [0.15, 0.2) is 42.7 Å². The zero-order chi connectivity index (χ0) is 32.4. The number of aromatic nitrogens is 3. The number of amides is 2. The van der Waals surface area contributed by atoms with E-state index in [1.54, 1.807) is 24.2 Å². The normalized spacial score (nSPS) is 18.9. The molecule has 5 heterocycles. The lowest BCUT2D eigenvalue weighted by atomic mass is 10.0. The molecule has 1 aromatic carbocycles. The predicted molar refractivity (Wildman–Crippen MR) is 179 cm³/mol. The summed E-state index contributed by atoms with van der Waals surface area (Å²) in [5.41, 5.74) is 3.67. The molecule has 2 fully saturated rings. The molecule has 46 heavy (non-hydrogen) atoms. The number of hydrogen-bond donors (Lipinski definition) is 2. The van der Waals surface area contributed by atoms with Crippen LogP contribution in [0.1, 0.15) is 67.1 Å². The van der Waals surface area contributed by atoms with Crippen molar-refractivity contribution in [3.63, 3.8) is 0 Å². The summed E-state index contributed by atoms with van der Waals surface area (Å²) in [6, 6.07) is 9.57. The second-order valence-corrected chi connectivity index (χ2v) is 13.2. The molecule has 3 aromatic rings. The average molecular weight is 647 g/mol. The first-order valence-electron chi connectivity index (χ1n) is 16.2. The molecule has 2 unspecified atom stereocenters. The van der Waals surface area contributed by atoms with Gasteiger partial charge in [-0.1, -0.05) is 23.7 Å². The third-order valence-electron chi connectivity index (χ3n) is 9.51. The summed E-state index contributed by atoms with van der Waals surface area (Å²) in [6.07, 6.45) is 7.35. The first kappa shape index (κ1) is 32.2. The molecule has 12 heteroatoms. The van der Waals surface area contributed by atoms with Gasteiger partial charge in [0, 0.05) is 62.3 Å². The van der Waals surface area contributed by atoms with Crippen LogP contribution in [0.5, 0.6) is 0 Å². The van der Waals surface area contributed by atoms with E-state index in [-0.39, 0.29) is 23.9 Å². The van der Waals surface area contributed by atoms with Crippen molar-refractivity contribution in [1.29, 1.82) is 0 Å². The second-order valence-electron chi connectivity index (χ2n) is 12.8. The molecular weight excluding hydrogens is 604 g/mol. The number of rotatable bonds is 9. The third-order valence-corrected chi connectivity index (χ3v) is 9.78. The standard InChI is InChI=1S/C34H43ClN8O3/c1-21(23-7-12-36-30(18-23)42-13-8-27(9-14-42)41(3)4)38-32(44)22(2)43-20-25-6-5-24(17-28(25)33(43)45)31-29(35)19-37-34(40-31)39-26-10-15-46-16-11-26/h5-7,12,17-19,21-22,26-27H,8-11,13-16,20H2,1-4H3,(H,38,44)(H,37,39,40). The largest absolute Gasteiger partial charge is 0.381 e. The minimum atomic E-state index is -0.657. The van der Waals surface area contributed by atoms with Crippen molar-refractivity contribution in [1.82, 2.24) is 30.1 Å². The van der Waals surface area contributed by atoms with Crippen molar-refractivity contribution < 1.29 is 14.3 Å². The summed E-state index contributed by atoms with van der Waals surface area (Å²) < 4.78 is 5.45. The van der Waals surface area contributed by atoms with Gasteiger partial charge in [0.05, 0.1) is 23.0 Å². The number of piperidine rings is 1. The molecule has 2 aromatic heterocycles. The first-order chi connectivity index (χ1) is 22.2. The van der Waals surface area contributed by atoms with E-state index in [2.05, 4.69) is 55.5 Å². The fourth-order valence-corrected chi connectivity index (χ4v) is 6.69. The zero-order valence-electron chi connectivity index (χ0n) is 27.0. The highest BCUT2D eigenvalue weighted by molar-refractivity contribution is 6.33. The Hall–Kier alpha value is -3.80. The topological polar surface area (TPSA) is 116 Å². The van der Waals surface area contributed by atoms with Gasteiger partial charge < -0.3 is 30.1 Å². The fourth-order valence-electron chi connectivity index (χ4n) is 6.49. The summed E-state index contributed by atoms with van der Waals surface area (Å²) in [6.45, 7) is 7.41. The lowest BCUT2D eigenvalue weighted by Crippen LogP contribution is -2.45. The molecule has 3 aliphatic heterocycles. The molecule has 0 bridgehead atoms. The van der Waals surface area contributed by atoms with Crippen LogP contribution in [0.25, 0.3) is 11.3 Å². The van der Waals surface area contributed by atoms with Gasteiger partial charge in [-0.2, -0.15) is 0 Å². The van der Waals surface area contributed by atoms with Crippen molar-refractivity contribution in [2.75, 3.05) is 50.6 Å². The molecule has 2 N–H and O–H groups in total. The van der Waals surface area contributed by atoms with E-state index >= 15 is 0 Å². The second kappa shape index (κ2) is 13.9. The van der Waals surface area contributed by atoms with Crippen LogP contribution in [0.2, 0.25) is 5.02 Å². The number of hydrogen-bond acceptors (Lipinski definition) is 9. The van der Waals surface area contributed by atoms with E-state index < -0.39 is 6.04 Å². The van der Waals surface area contributed by atoms with Gasteiger partial charge in [0.15, 0.2) is 0 Å². The molecule has 6 rings (SSSR count). The van der Waals surface area contributed by atoms with Gasteiger partial charge in [0.2, 0.25) is 11.9 Å². The van der Waals surface area contributed by atoms with Crippen LogP contribution in [-0.2, 0) is 16.1 Å². The maximum absolute atomic E-state index is 13.6. The van der Waals surface area contributed by atoms with Crippen LogP contribution in [0.4, 0.5) is 11.8 Å². The van der Waals surface area contributed by atoms with Crippen LogP contribution in [0, 0.1) is 0 Å². The van der Waals surface area contributed by atoms with Crippen LogP contribution >= 0.6 is 11.6 Å². The van der Waals surface area contributed by atoms with Crippen LogP contribution < -0.4 is 15.5 Å². The predicted octanol–water partition coefficient (Wildman–Crippen LogP) is 4.54. The van der Waals surface area contributed by atoms with Crippen molar-refractivity contribution in [3.05, 3.63) is 64.4 Å². The quantitative estimate of drug-likeness (QED) is 0.346. The van der Waals surface area contributed by atoms with Gasteiger partial charge in [-0.25, -0.2) is 15.0 Å². The Balaban J connectivity index is 1.10. The number of carbonyl (C=O) groups excluding carboxylic acids is 2.